The van der Waals surface area contributed by atoms with Crippen molar-refractivity contribution in [2.75, 3.05) is 0 Å². The van der Waals surface area contributed by atoms with Crippen LogP contribution < -0.4 is 15.9 Å². The summed E-state index contributed by atoms with van der Waals surface area (Å²) in [5.74, 6) is 0. The Morgan fingerprint density at radius 1 is 0.364 bits per heavy atom. The van der Waals surface area contributed by atoms with Crippen LogP contribution in [0.1, 0.15) is 0 Å². The number of rotatable bonds is 6. The molecule has 0 spiro atoms. The van der Waals surface area contributed by atoms with E-state index in [0.717, 1.165) is 0 Å². The lowest BCUT2D eigenvalue weighted by molar-refractivity contribution is 1.37. The van der Waals surface area contributed by atoms with Crippen LogP contribution in [0.2, 0.25) is 0 Å². The predicted octanol–water partition coefficient (Wildman–Crippen LogP) is 6.82. The topological polar surface area (TPSA) is 12.4 Å². The molecule has 0 aliphatic rings. The van der Waals surface area contributed by atoms with Crippen molar-refractivity contribution in [3.63, 3.8) is 0 Å². The first-order valence-corrected chi connectivity index (χ1v) is 13.9. The Morgan fingerprint density at radius 3 is 0.939 bits per heavy atom. The van der Waals surface area contributed by atoms with Gasteiger partial charge in [-0.3, -0.25) is 0 Å². The fourth-order valence-corrected chi connectivity index (χ4v) is 10.6. The first kappa shape index (κ1) is 21.5. The standard InChI is InChI=1S/C30H25NPS/c1-6-16-26(17-7-1)32(27-18-8-2-9-19-27,28-20-10-3-11-21-28)31-33(29-22-12-4-13-23-29)30-24-14-5-15-25-30/h1-25H/q+1. The Hall–Kier alpha value is -3.32. The average Bonchev–Trinajstić information content (AvgIpc) is 2.92. The lowest BCUT2D eigenvalue weighted by Gasteiger charge is -2.24. The van der Waals surface area contributed by atoms with Gasteiger partial charge >= 0.3 is 0 Å². The van der Waals surface area contributed by atoms with Gasteiger partial charge in [0.1, 0.15) is 7.05 Å². The van der Waals surface area contributed by atoms with Crippen molar-refractivity contribution in [1.29, 1.82) is 0 Å². The van der Waals surface area contributed by atoms with E-state index in [2.05, 4.69) is 152 Å². The zero-order valence-electron chi connectivity index (χ0n) is 18.2. The van der Waals surface area contributed by atoms with Crippen molar-refractivity contribution in [2.45, 2.75) is 9.79 Å². The van der Waals surface area contributed by atoms with Gasteiger partial charge in [-0.15, -0.1) is 0 Å². The van der Waals surface area contributed by atoms with Crippen molar-refractivity contribution < 1.29 is 0 Å². The second-order valence-corrected chi connectivity index (χ2v) is 12.6. The SMILES string of the molecule is c1ccc([S+](N=P(c2ccccc2)(c2ccccc2)c2ccccc2)c2ccccc2)cc1. The molecule has 1 nitrogen and oxygen atoms in total. The minimum atomic E-state index is -2.30. The van der Waals surface area contributed by atoms with Gasteiger partial charge in [0.25, 0.3) is 0 Å². The molecule has 5 aromatic rings. The van der Waals surface area contributed by atoms with Gasteiger partial charge in [-0.1, -0.05) is 132 Å². The molecule has 3 heteroatoms. The molecule has 0 saturated heterocycles. The Bertz CT molecular complexity index is 1200. The Kier molecular flexibility index (Phi) is 6.58. The van der Waals surface area contributed by atoms with Crippen molar-refractivity contribution in [2.24, 2.45) is 4.15 Å². The monoisotopic (exact) mass is 462 g/mol. The van der Waals surface area contributed by atoms with Gasteiger partial charge < -0.3 is 0 Å². The zero-order chi connectivity index (χ0) is 22.3. The first-order valence-electron chi connectivity index (χ1n) is 11.0. The van der Waals surface area contributed by atoms with E-state index in [1.807, 2.05) is 0 Å². The third-order valence-electron chi connectivity index (χ3n) is 5.53. The maximum Gasteiger partial charge on any atom is 0.202 e. The van der Waals surface area contributed by atoms with Crippen LogP contribution in [-0.2, 0) is 11.1 Å². The van der Waals surface area contributed by atoms with Crippen molar-refractivity contribution >= 4 is 34.0 Å². The molecule has 0 bridgehead atoms. The maximum absolute atomic E-state index is 5.90. The molecule has 5 rings (SSSR count). The fourth-order valence-electron chi connectivity index (χ4n) is 3.97. The Morgan fingerprint density at radius 2 is 0.636 bits per heavy atom. The molecule has 0 N–H and O–H groups in total. The van der Waals surface area contributed by atoms with Gasteiger partial charge in [0.05, 0.1) is 0 Å². The number of nitrogens with zero attached hydrogens (tertiary/aromatic N) is 1. The summed E-state index contributed by atoms with van der Waals surface area (Å²) in [6.45, 7) is 0. The first-order chi connectivity index (χ1) is 16.4. The van der Waals surface area contributed by atoms with Crippen LogP contribution in [0.3, 0.4) is 0 Å². The summed E-state index contributed by atoms with van der Waals surface area (Å²) in [5, 5.41) is 3.81. The molecule has 160 valence electrons. The van der Waals surface area contributed by atoms with Crippen molar-refractivity contribution in [3.8, 4) is 0 Å². The predicted molar refractivity (Wildman–Crippen MR) is 144 cm³/mol. The van der Waals surface area contributed by atoms with Crippen LogP contribution in [0, 0.1) is 0 Å². The van der Waals surface area contributed by atoms with Crippen LogP contribution in [0.5, 0.6) is 0 Å². The maximum atomic E-state index is 5.90. The molecule has 0 saturated carbocycles. The minimum Gasteiger partial charge on any atom is -0.0622 e. The van der Waals surface area contributed by atoms with Crippen LogP contribution in [0.4, 0.5) is 0 Å². The molecule has 0 fully saturated rings. The smallest absolute Gasteiger partial charge is 0.0622 e. The molecule has 0 radical (unpaired) electrons. The van der Waals surface area contributed by atoms with Crippen LogP contribution >= 0.6 is 7.05 Å². The van der Waals surface area contributed by atoms with Crippen molar-refractivity contribution in [1.82, 2.24) is 0 Å². The average molecular weight is 463 g/mol. The van der Waals surface area contributed by atoms with Gasteiger partial charge in [0.15, 0.2) is 9.79 Å². The minimum absolute atomic E-state index is 0.448. The number of hydrogen-bond donors (Lipinski definition) is 0. The summed E-state index contributed by atoms with van der Waals surface area (Å²) in [7, 11) is -2.30. The molecule has 0 aliphatic heterocycles. The van der Waals surface area contributed by atoms with E-state index in [1.54, 1.807) is 0 Å². The lowest BCUT2D eigenvalue weighted by atomic mass is 10.4. The Balaban J connectivity index is 1.90. The van der Waals surface area contributed by atoms with Gasteiger partial charge in [0, 0.05) is 15.9 Å². The van der Waals surface area contributed by atoms with E-state index >= 15 is 0 Å². The highest BCUT2D eigenvalue weighted by atomic mass is 32.2. The third-order valence-corrected chi connectivity index (χ3v) is 11.7. The van der Waals surface area contributed by atoms with E-state index < -0.39 is 18.1 Å². The highest BCUT2D eigenvalue weighted by Crippen LogP contribution is 2.49. The van der Waals surface area contributed by atoms with Gasteiger partial charge in [0.2, 0.25) is 11.1 Å². The summed E-state index contributed by atoms with van der Waals surface area (Å²) in [6.07, 6.45) is 0. The van der Waals surface area contributed by atoms with Crippen LogP contribution in [0.25, 0.3) is 0 Å². The van der Waals surface area contributed by atoms with Crippen molar-refractivity contribution in [3.05, 3.63) is 152 Å². The summed E-state index contributed by atoms with van der Waals surface area (Å²) in [5.41, 5.74) is 0. The van der Waals surface area contributed by atoms with Gasteiger partial charge in [-0.05, 0) is 24.3 Å². The number of hydrogen-bond acceptors (Lipinski definition) is 1. The molecular formula is C30H25NPS+. The fraction of sp³-hybridized carbons (Fsp3) is 0. The summed E-state index contributed by atoms with van der Waals surface area (Å²) in [6, 6.07) is 53.9. The molecule has 33 heavy (non-hydrogen) atoms. The van der Waals surface area contributed by atoms with E-state index in [1.165, 1.54) is 25.7 Å². The van der Waals surface area contributed by atoms with Crippen LogP contribution in [0.15, 0.2) is 166 Å². The molecular weight excluding hydrogens is 437 g/mol. The van der Waals surface area contributed by atoms with Crippen LogP contribution in [-0.4, -0.2) is 0 Å². The van der Waals surface area contributed by atoms with Gasteiger partial charge in [-0.25, -0.2) is 0 Å². The second-order valence-electron chi connectivity index (χ2n) is 7.63. The summed E-state index contributed by atoms with van der Waals surface area (Å²) >= 11 is -0.448. The zero-order valence-corrected chi connectivity index (χ0v) is 19.9. The van der Waals surface area contributed by atoms with Gasteiger partial charge in [-0.2, -0.15) is 0 Å². The van der Waals surface area contributed by atoms with E-state index in [-0.39, 0.29) is 0 Å². The lowest BCUT2D eigenvalue weighted by Crippen LogP contribution is -2.26. The normalized spacial score (nSPS) is 11.3. The van der Waals surface area contributed by atoms with E-state index in [4.69, 9.17) is 4.15 Å². The summed E-state index contributed by atoms with van der Waals surface area (Å²) in [4.78, 5) is 2.46. The molecule has 0 amide bonds. The molecule has 0 aromatic heterocycles. The molecule has 5 aromatic carbocycles. The highest BCUT2D eigenvalue weighted by Gasteiger charge is 2.36. The van der Waals surface area contributed by atoms with E-state index in [9.17, 15) is 0 Å². The molecule has 0 atom stereocenters. The highest BCUT2D eigenvalue weighted by molar-refractivity contribution is 8.02. The third kappa shape index (κ3) is 4.46. The summed E-state index contributed by atoms with van der Waals surface area (Å²) < 4.78 is 5.90. The Labute approximate surface area is 199 Å². The molecule has 0 unspecified atom stereocenters. The quantitative estimate of drug-likeness (QED) is 0.194. The molecule has 0 heterocycles. The van der Waals surface area contributed by atoms with E-state index in [0.29, 0.717) is 0 Å². The largest absolute Gasteiger partial charge is 0.202 e. The second kappa shape index (κ2) is 10.1. The molecule has 0 aliphatic carbocycles. The number of benzene rings is 5.